The van der Waals surface area contributed by atoms with Gasteiger partial charge < -0.3 is 9.30 Å². The Morgan fingerprint density at radius 3 is 2.47 bits per heavy atom. The second-order valence-electron chi connectivity index (χ2n) is 4.75. The molecule has 0 amide bonds. The first kappa shape index (κ1) is 14.8. The summed E-state index contributed by atoms with van der Waals surface area (Å²) in [6.07, 6.45) is 0. The van der Waals surface area contributed by atoms with Gasteiger partial charge in [0.25, 0.3) is 0 Å². The predicted molar refractivity (Wildman–Crippen MR) is 85.2 cm³/mol. The molecule has 2 aromatic rings. The van der Waals surface area contributed by atoms with Crippen LogP contribution < -0.4 is 0 Å². The third kappa shape index (κ3) is 3.71. The maximum Gasteiger partial charge on any atom is 0.124 e. The molecule has 102 valence electrons. The van der Waals surface area contributed by atoms with E-state index in [1.807, 2.05) is 18.2 Å². The van der Waals surface area contributed by atoms with Gasteiger partial charge in [0.05, 0.1) is 11.1 Å². The minimum Gasteiger partial charge on any atom is -0.356 e. The van der Waals surface area contributed by atoms with Crippen LogP contribution in [0, 0.1) is 0 Å². The van der Waals surface area contributed by atoms with Crippen LogP contribution in [0.5, 0.6) is 0 Å². The van der Waals surface area contributed by atoms with E-state index < -0.39 is 0 Å². The van der Waals surface area contributed by atoms with E-state index in [-0.39, 0.29) is 0 Å². The molecular weight excluding hydrogens is 370 g/mol. The monoisotopic (exact) mass is 385 g/mol. The number of aromatic nitrogens is 1. The zero-order valence-electron chi connectivity index (χ0n) is 11.1. The van der Waals surface area contributed by atoms with Crippen molar-refractivity contribution in [3.63, 3.8) is 0 Å². The predicted octanol–water partition coefficient (Wildman–Crippen LogP) is 5.31. The molecule has 0 aliphatic heterocycles. The number of rotatable bonds is 5. The van der Waals surface area contributed by atoms with E-state index in [1.165, 1.54) is 11.3 Å². The van der Waals surface area contributed by atoms with E-state index in [9.17, 15) is 0 Å². The molecule has 0 aliphatic rings. The molecule has 0 spiro atoms. The number of hydrogen-bond donors (Lipinski definition) is 0. The molecule has 0 aliphatic carbocycles. The van der Waals surface area contributed by atoms with Crippen molar-refractivity contribution in [2.45, 2.75) is 33.1 Å². The molecule has 0 bridgehead atoms. The summed E-state index contributed by atoms with van der Waals surface area (Å²) in [5.41, 5.74) is 2.45. The third-order valence-corrected chi connectivity index (χ3v) is 4.94. The highest BCUT2D eigenvalue weighted by Crippen LogP contribution is 2.31. The summed E-state index contributed by atoms with van der Waals surface area (Å²) in [5.74, 6) is 0.461. The minimum atomic E-state index is 0.461. The van der Waals surface area contributed by atoms with Gasteiger partial charge in [0, 0.05) is 5.69 Å². The van der Waals surface area contributed by atoms with Crippen molar-refractivity contribution >= 4 is 31.9 Å². The largest absolute Gasteiger partial charge is 0.356 e. The fraction of sp³-hybridized carbons (Fsp3) is 0.333. The van der Waals surface area contributed by atoms with Crippen LogP contribution in [0.25, 0.3) is 0 Å². The van der Waals surface area contributed by atoms with Crippen LogP contribution in [0.3, 0.4) is 0 Å². The van der Waals surface area contributed by atoms with Gasteiger partial charge in [-0.2, -0.15) is 0 Å². The highest BCUT2D eigenvalue weighted by atomic mass is 79.9. The Labute approximate surface area is 131 Å². The average molecular weight is 387 g/mol. The van der Waals surface area contributed by atoms with Crippen LogP contribution in [0.2, 0.25) is 0 Å². The van der Waals surface area contributed by atoms with Crippen molar-refractivity contribution < 1.29 is 4.74 Å². The summed E-state index contributed by atoms with van der Waals surface area (Å²) in [6.45, 7) is 5.54. The quantitative estimate of drug-likeness (QED) is 0.678. The second-order valence-corrected chi connectivity index (χ2v) is 6.36. The van der Waals surface area contributed by atoms with Crippen molar-refractivity contribution in [3.05, 3.63) is 56.7 Å². The molecule has 4 heteroatoms. The van der Waals surface area contributed by atoms with Gasteiger partial charge in [-0.1, -0.05) is 44.2 Å². The topological polar surface area (TPSA) is 14.2 Å². The normalized spacial score (nSPS) is 11.2. The van der Waals surface area contributed by atoms with Gasteiger partial charge in [-0.15, -0.1) is 0 Å². The molecule has 0 saturated carbocycles. The summed E-state index contributed by atoms with van der Waals surface area (Å²) in [7, 11) is 0. The van der Waals surface area contributed by atoms with Crippen molar-refractivity contribution in [2.24, 2.45) is 0 Å². The molecule has 0 radical (unpaired) electrons. The zero-order valence-corrected chi connectivity index (χ0v) is 14.2. The SMILES string of the molecule is CC(C)c1cc(Br)c(Br)n1COCc1ccccc1. The third-order valence-electron chi connectivity index (χ3n) is 2.94. The maximum absolute atomic E-state index is 5.80. The molecular formula is C15H17Br2NO. The maximum atomic E-state index is 5.80. The lowest BCUT2D eigenvalue weighted by Crippen LogP contribution is -2.08. The van der Waals surface area contributed by atoms with Gasteiger partial charge >= 0.3 is 0 Å². The smallest absolute Gasteiger partial charge is 0.124 e. The first-order valence-electron chi connectivity index (χ1n) is 6.25. The van der Waals surface area contributed by atoms with Crippen LogP contribution in [-0.4, -0.2) is 4.57 Å². The van der Waals surface area contributed by atoms with Crippen molar-refractivity contribution in [1.82, 2.24) is 4.57 Å². The van der Waals surface area contributed by atoms with E-state index in [1.54, 1.807) is 0 Å². The van der Waals surface area contributed by atoms with E-state index in [4.69, 9.17) is 4.74 Å². The number of hydrogen-bond acceptors (Lipinski definition) is 1. The summed E-state index contributed by atoms with van der Waals surface area (Å²) in [4.78, 5) is 0. The lowest BCUT2D eigenvalue weighted by molar-refractivity contribution is 0.0607. The molecule has 1 heterocycles. The molecule has 0 saturated heterocycles. The van der Waals surface area contributed by atoms with E-state index in [0.29, 0.717) is 19.3 Å². The lowest BCUT2D eigenvalue weighted by Gasteiger charge is -2.13. The first-order valence-corrected chi connectivity index (χ1v) is 7.84. The van der Waals surface area contributed by atoms with Gasteiger partial charge in [-0.25, -0.2) is 0 Å². The Bertz CT molecular complexity index is 535. The van der Waals surface area contributed by atoms with Crippen molar-refractivity contribution in [1.29, 1.82) is 0 Å². The highest BCUT2D eigenvalue weighted by molar-refractivity contribution is 9.13. The molecule has 1 aromatic carbocycles. The molecule has 2 nitrogen and oxygen atoms in total. The number of halogens is 2. The Hall–Kier alpha value is -0.580. The van der Waals surface area contributed by atoms with Crippen LogP contribution >= 0.6 is 31.9 Å². The molecule has 0 fully saturated rings. The molecule has 19 heavy (non-hydrogen) atoms. The Kier molecular flexibility index (Phi) is 5.25. The minimum absolute atomic E-state index is 0.461. The summed E-state index contributed by atoms with van der Waals surface area (Å²) < 4.78 is 10.1. The van der Waals surface area contributed by atoms with Gasteiger partial charge in [0.15, 0.2) is 0 Å². The van der Waals surface area contributed by atoms with Gasteiger partial charge in [-0.05, 0) is 49.4 Å². The number of nitrogens with zero attached hydrogens (tertiary/aromatic N) is 1. The van der Waals surface area contributed by atoms with Crippen LogP contribution in [0.4, 0.5) is 0 Å². The highest BCUT2D eigenvalue weighted by Gasteiger charge is 2.13. The molecule has 1 aromatic heterocycles. The zero-order chi connectivity index (χ0) is 13.8. The average Bonchev–Trinajstić information content (AvgIpc) is 2.68. The Morgan fingerprint density at radius 1 is 1.16 bits per heavy atom. The van der Waals surface area contributed by atoms with Gasteiger partial charge in [-0.3, -0.25) is 0 Å². The fourth-order valence-electron chi connectivity index (χ4n) is 1.95. The Morgan fingerprint density at radius 2 is 1.84 bits per heavy atom. The van der Waals surface area contributed by atoms with E-state index >= 15 is 0 Å². The number of benzene rings is 1. The summed E-state index contributed by atoms with van der Waals surface area (Å²) in [6, 6.07) is 12.4. The lowest BCUT2D eigenvalue weighted by atomic mass is 10.1. The second kappa shape index (κ2) is 6.73. The molecule has 0 atom stereocenters. The Balaban J connectivity index is 2.03. The summed E-state index contributed by atoms with van der Waals surface area (Å²) >= 11 is 7.14. The van der Waals surface area contributed by atoms with Gasteiger partial charge in [0.1, 0.15) is 11.3 Å². The van der Waals surface area contributed by atoms with Crippen molar-refractivity contribution in [3.8, 4) is 0 Å². The van der Waals surface area contributed by atoms with Crippen LogP contribution in [0.1, 0.15) is 31.0 Å². The standard InChI is InChI=1S/C15H17Br2NO/c1-11(2)14-8-13(16)15(17)18(14)10-19-9-12-6-4-3-5-7-12/h3-8,11H,9-10H2,1-2H3. The summed E-state index contributed by atoms with van der Waals surface area (Å²) in [5, 5.41) is 0. The molecule has 0 N–H and O–H groups in total. The first-order chi connectivity index (χ1) is 9.09. The molecule has 2 rings (SSSR count). The van der Waals surface area contributed by atoms with Crippen LogP contribution in [0.15, 0.2) is 45.5 Å². The van der Waals surface area contributed by atoms with Crippen molar-refractivity contribution in [2.75, 3.05) is 0 Å². The van der Waals surface area contributed by atoms with Crippen LogP contribution in [-0.2, 0) is 18.1 Å². The molecule has 0 unspecified atom stereocenters. The van der Waals surface area contributed by atoms with E-state index in [2.05, 4.69) is 68.5 Å². The fourth-order valence-corrected chi connectivity index (χ4v) is 2.82. The number of ether oxygens (including phenoxy) is 1. The van der Waals surface area contributed by atoms with Gasteiger partial charge in [0.2, 0.25) is 0 Å². The van der Waals surface area contributed by atoms with E-state index in [0.717, 1.165) is 9.08 Å².